The molecule has 1 N–H and O–H groups in total. The van der Waals surface area contributed by atoms with Gasteiger partial charge in [0.25, 0.3) is 0 Å². The van der Waals surface area contributed by atoms with Crippen molar-refractivity contribution in [3.8, 4) is 11.5 Å². The van der Waals surface area contributed by atoms with Crippen LogP contribution in [0.25, 0.3) is 21.9 Å². The van der Waals surface area contributed by atoms with E-state index in [2.05, 4.69) is 75.8 Å². The highest BCUT2D eigenvalue weighted by atomic mass is 79.9. The van der Waals surface area contributed by atoms with Gasteiger partial charge in [-0.15, -0.1) is 0 Å². The Balaban J connectivity index is 0.000000176. The van der Waals surface area contributed by atoms with Gasteiger partial charge in [-0.25, -0.2) is 4.79 Å². The van der Waals surface area contributed by atoms with E-state index in [1.54, 1.807) is 25.3 Å². The Morgan fingerprint density at radius 2 is 2.00 bits per heavy atom. The first kappa shape index (κ1) is 34.3. The lowest BCUT2D eigenvalue weighted by molar-refractivity contribution is -0.131. The second-order valence-corrected chi connectivity index (χ2v) is 14.9. The van der Waals surface area contributed by atoms with Gasteiger partial charge in [0, 0.05) is 84.3 Å². The predicted octanol–water partition coefficient (Wildman–Crippen LogP) is 6.68. The van der Waals surface area contributed by atoms with Gasteiger partial charge >= 0.3 is 5.97 Å². The molecule has 4 atom stereocenters. The Hall–Kier alpha value is -4.19. The molecule has 0 radical (unpaired) electrons. The number of methoxy groups -OCH3 is 1. The van der Waals surface area contributed by atoms with Gasteiger partial charge in [0.1, 0.15) is 33.8 Å². The van der Waals surface area contributed by atoms with Gasteiger partial charge in [0.15, 0.2) is 5.43 Å². The number of ether oxygens (including phenoxy) is 3. The molecule has 10 nitrogen and oxygen atoms in total. The number of pyridine rings is 1. The van der Waals surface area contributed by atoms with Crippen LogP contribution in [-0.4, -0.2) is 65.5 Å². The highest BCUT2D eigenvalue weighted by molar-refractivity contribution is 9.10. The van der Waals surface area contributed by atoms with Crippen molar-refractivity contribution in [1.82, 2.24) is 14.5 Å². The molecule has 3 aliphatic rings. The number of halogens is 1. The molecule has 3 aromatic heterocycles. The molecule has 0 spiro atoms. The zero-order valence-electron chi connectivity index (χ0n) is 29.0. The molecule has 1 fully saturated rings. The van der Waals surface area contributed by atoms with Gasteiger partial charge in [-0.2, -0.15) is 0 Å². The third-order valence-electron chi connectivity index (χ3n) is 10.5. The van der Waals surface area contributed by atoms with Crippen molar-refractivity contribution in [2.75, 3.05) is 33.9 Å². The van der Waals surface area contributed by atoms with Crippen LogP contribution in [0.3, 0.4) is 0 Å². The Kier molecular flexibility index (Phi) is 9.25. The van der Waals surface area contributed by atoms with Crippen LogP contribution in [0.4, 0.5) is 0 Å². The van der Waals surface area contributed by atoms with Gasteiger partial charge < -0.3 is 28.3 Å². The Morgan fingerprint density at radius 3 is 2.78 bits per heavy atom. The summed E-state index contributed by atoms with van der Waals surface area (Å²) >= 11 is 3.35. The molecule has 2 aromatic carbocycles. The van der Waals surface area contributed by atoms with Crippen LogP contribution in [0.15, 0.2) is 68.7 Å². The zero-order chi connectivity index (χ0) is 35.3. The molecule has 2 aliphatic heterocycles. The van der Waals surface area contributed by atoms with Crippen molar-refractivity contribution in [2.24, 2.45) is 18.9 Å². The van der Waals surface area contributed by atoms with E-state index in [-0.39, 0.29) is 34.5 Å². The van der Waals surface area contributed by atoms with Crippen LogP contribution >= 0.6 is 15.9 Å². The molecule has 1 saturated heterocycles. The number of hydrogen-bond donors (Lipinski definition) is 1. The van der Waals surface area contributed by atoms with Crippen LogP contribution in [-0.2, 0) is 35.0 Å². The minimum absolute atomic E-state index is 0.00958. The quantitative estimate of drug-likeness (QED) is 0.201. The predicted molar refractivity (Wildman–Crippen MR) is 194 cm³/mol. The molecule has 262 valence electrons. The third kappa shape index (κ3) is 6.09. The third-order valence-corrected chi connectivity index (χ3v) is 11.0. The molecule has 1 aliphatic carbocycles. The summed E-state index contributed by atoms with van der Waals surface area (Å²) in [6.07, 6.45) is 8.85. The zero-order valence-corrected chi connectivity index (χ0v) is 30.6. The van der Waals surface area contributed by atoms with E-state index in [9.17, 15) is 14.7 Å². The van der Waals surface area contributed by atoms with Gasteiger partial charge in [0.2, 0.25) is 0 Å². The summed E-state index contributed by atoms with van der Waals surface area (Å²) in [6, 6.07) is 11.6. The lowest BCUT2D eigenvalue weighted by atomic mass is 9.69. The molecule has 0 bridgehead atoms. The first-order valence-corrected chi connectivity index (χ1v) is 17.8. The topological polar surface area (TPSA) is 116 Å². The van der Waals surface area contributed by atoms with E-state index in [0.717, 1.165) is 30.3 Å². The van der Waals surface area contributed by atoms with Crippen molar-refractivity contribution in [3.63, 3.8) is 0 Å². The molecule has 5 aromatic rings. The van der Waals surface area contributed by atoms with Crippen LogP contribution < -0.4 is 10.2 Å². The number of rotatable bonds is 4. The molecule has 8 rings (SSSR count). The summed E-state index contributed by atoms with van der Waals surface area (Å²) in [5.74, 6) is 1.42. The minimum atomic E-state index is -0.421. The van der Waals surface area contributed by atoms with E-state index in [0.29, 0.717) is 53.8 Å². The largest absolute Gasteiger partial charge is 0.507 e. The average Bonchev–Trinajstić information content (AvgIpc) is 3.29. The normalized spacial score (nSPS) is 22.9. The SMILES string of the molecule is COC12CC(COC(=O)c3cncc(Br)c3)CN(C)C1Cc1cn(C)c3cccc2c13.Cc1cc(=O)c2c(O)c3c(cc2o1)OCC(C)CC3. The van der Waals surface area contributed by atoms with Crippen LogP contribution in [0, 0.1) is 18.8 Å². The smallest absolute Gasteiger partial charge is 0.339 e. The number of piperidine rings is 1. The summed E-state index contributed by atoms with van der Waals surface area (Å²) in [5, 5.41) is 11.9. The fourth-order valence-electron chi connectivity index (χ4n) is 8.14. The number of phenolic OH excluding ortho intramolecular Hbond substituents is 1. The van der Waals surface area contributed by atoms with Crippen molar-refractivity contribution >= 4 is 43.8 Å². The van der Waals surface area contributed by atoms with E-state index >= 15 is 0 Å². The Bertz CT molecular complexity index is 2160. The molecule has 50 heavy (non-hydrogen) atoms. The number of esters is 1. The standard InChI is InChI=1S/C24H26BrN3O3.C15H16O4/c1-27-13-17-8-21-24(30-3,19-5-4-6-20(27)22(17)19)9-15(12-28(21)2)14-31-23(29)16-7-18(25)11-26-10-16;1-8-3-4-10-12(18-7-8)6-13-14(15(10)17)11(16)5-9(2)19-13/h4-7,10-11,13,15,21H,8-9,12,14H2,1-3H3;5-6,8,17H,3-4,7H2,1-2H3. The summed E-state index contributed by atoms with van der Waals surface area (Å²) < 4.78 is 26.2. The molecular formula is C39H42BrN3O7. The van der Waals surface area contributed by atoms with Crippen molar-refractivity contribution in [2.45, 2.75) is 51.2 Å². The summed E-state index contributed by atoms with van der Waals surface area (Å²) in [7, 11) is 6.07. The highest BCUT2D eigenvalue weighted by Gasteiger charge is 2.52. The van der Waals surface area contributed by atoms with Gasteiger partial charge in [0.05, 0.1) is 18.8 Å². The monoisotopic (exact) mass is 743 g/mol. The number of fused-ring (bicyclic) bond motifs is 4. The number of benzene rings is 2. The average molecular weight is 745 g/mol. The van der Waals surface area contributed by atoms with Gasteiger partial charge in [-0.3, -0.25) is 14.7 Å². The number of phenols is 1. The molecule has 4 unspecified atom stereocenters. The maximum absolute atomic E-state index is 12.5. The molecule has 0 saturated carbocycles. The molecule has 11 heteroatoms. The lowest BCUT2D eigenvalue weighted by Crippen LogP contribution is -2.59. The number of likely N-dealkylation sites (N-methyl/N-ethyl adjacent to an activating group) is 1. The fraction of sp³-hybridized carbons (Fsp3) is 0.410. The fourth-order valence-corrected chi connectivity index (χ4v) is 8.51. The van der Waals surface area contributed by atoms with E-state index in [1.807, 2.05) is 7.11 Å². The number of hydrogen-bond acceptors (Lipinski definition) is 9. The van der Waals surface area contributed by atoms with E-state index < -0.39 is 5.60 Å². The van der Waals surface area contributed by atoms with Crippen molar-refractivity contribution in [3.05, 3.63) is 97.7 Å². The summed E-state index contributed by atoms with van der Waals surface area (Å²) in [6.45, 7) is 5.65. The molecular weight excluding hydrogens is 702 g/mol. The van der Waals surface area contributed by atoms with Gasteiger partial charge in [-0.1, -0.05) is 19.1 Å². The lowest BCUT2D eigenvalue weighted by Gasteiger charge is -2.53. The Labute approximate surface area is 299 Å². The number of nitrogens with zero attached hydrogens (tertiary/aromatic N) is 3. The van der Waals surface area contributed by atoms with Crippen molar-refractivity contribution in [1.29, 1.82) is 0 Å². The number of likely N-dealkylation sites (tertiary alicyclic amines) is 1. The maximum atomic E-state index is 12.5. The van der Waals surface area contributed by atoms with E-state index in [4.69, 9.17) is 18.6 Å². The number of aromatic nitrogens is 2. The van der Waals surface area contributed by atoms with Crippen molar-refractivity contribution < 1.29 is 28.5 Å². The van der Waals surface area contributed by atoms with E-state index in [1.165, 1.54) is 34.3 Å². The maximum Gasteiger partial charge on any atom is 0.339 e. The van der Waals surface area contributed by atoms with Gasteiger partial charge in [-0.05, 0) is 84.8 Å². The minimum Gasteiger partial charge on any atom is -0.507 e. The number of aromatic hydroxyl groups is 1. The first-order chi connectivity index (χ1) is 24.0. The van der Waals surface area contributed by atoms with Crippen LogP contribution in [0.1, 0.15) is 52.6 Å². The highest BCUT2D eigenvalue weighted by Crippen LogP contribution is 2.49. The summed E-state index contributed by atoms with van der Waals surface area (Å²) in [4.78, 5) is 31.0. The second kappa shape index (κ2) is 13.5. The second-order valence-electron chi connectivity index (χ2n) is 14.0. The van der Waals surface area contributed by atoms with Crippen LogP contribution in [0.2, 0.25) is 0 Å². The first-order valence-electron chi connectivity index (χ1n) is 17.0. The van der Waals surface area contributed by atoms with Crippen LogP contribution in [0.5, 0.6) is 11.5 Å². The molecule has 0 amide bonds. The Morgan fingerprint density at radius 1 is 1.18 bits per heavy atom. The number of carbonyl (C=O) groups is 1. The number of aryl methyl sites for hydroxylation is 2. The molecule has 5 heterocycles. The summed E-state index contributed by atoms with van der Waals surface area (Å²) in [5.41, 5.74) is 4.79. The number of carbonyl (C=O) groups excluding carboxylic acids is 1.